The Balaban J connectivity index is 1.96. The first-order valence-electron chi connectivity index (χ1n) is 12.5. The van der Waals surface area contributed by atoms with E-state index < -0.39 is 28.7 Å². The Kier molecular flexibility index (Phi) is 8.80. The minimum Gasteiger partial charge on any atom is -0.477 e. The van der Waals surface area contributed by atoms with Crippen LogP contribution in [0.4, 0.5) is 10.1 Å². The van der Waals surface area contributed by atoms with Crippen LogP contribution in [0.2, 0.25) is 0 Å². The average molecular weight is 507 g/mol. The van der Waals surface area contributed by atoms with E-state index in [2.05, 4.69) is 0 Å². The maximum atomic E-state index is 15.5. The van der Waals surface area contributed by atoms with Crippen LogP contribution >= 0.6 is 0 Å². The first kappa shape index (κ1) is 28.1. The van der Waals surface area contributed by atoms with Crippen molar-refractivity contribution in [2.24, 2.45) is 11.3 Å². The molecular formula is C27H39FN2O6. The Hall–Kier alpha value is -2.49. The molecule has 0 spiro atoms. The second-order valence-electron chi connectivity index (χ2n) is 10.5. The number of pyridine rings is 1. The molecule has 1 fully saturated rings. The number of aromatic carboxylic acids is 1. The molecule has 0 amide bonds. The predicted octanol–water partition coefficient (Wildman–Crippen LogP) is 3.99. The molecule has 1 aromatic carbocycles. The SMILES string of the molecule is CCC(C(O)COCCOC)C(C)(C)CN(C)c1c(F)cc2c(=O)c(C(=O)O)cn(C3CC3)c2c1C. The number of anilines is 1. The van der Waals surface area contributed by atoms with Gasteiger partial charge in [-0.2, -0.15) is 0 Å². The monoisotopic (exact) mass is 506 g/mol. The third-order valence-electron chi connectivity index (χ3n) is 7.30. The average Bonchev–Trinajstić information content (AvgIpc) is 3.62. The maximum absolute atomic E-state index is 15.5. The Morgan fingerprint density at radius 3 is 2.56 bits per heavy atom. The van der Waals surface area contributed by atoms with Crippen LogP contribution in [0.5, 0.6) is 0 Å². The summed E-state index contributed by atoms with van der Waals surface area (Å²) in [6.45, 7) is 9.38. The van der Waals surface area contributed by atoms with Gasteiger partial charge in [-0.25, -0.2) is 9.18 Å². The second-order valence-corrected chi connectivity index (χ2v) is 10.5. The number of aliphatic hydroxyl groups excluding tert-OH is 1. The number of methoxy groups -OCH3 is 1. The highest BCUT2D eigenvalue weighted by atomic mass is 19.1. The molecule has 2 aromatic rings. The lowest BCUT2D eigenvalue weighted by Gasteiger charge is -2.40. The van der Waals surface area contributed by atoms with Gasteiger partial charge in [0, 0.05) is 38.3 Å². The summed E-state index contributed by atoms with van der Waals surface area (Å²) in [4.78, 5) is 26.4. The van der Waals surface area contributed by atoms with Gasteiger partial charge in [0.15, 0.2) is 0 Å². The molecule has 200 valence electrons. The number of aromatic nitrogens is 1. The minimum atomic E-state index is -1.31. The van der Waals surface area contributed by atoms with E-state index in [1.807, 2.05) is 30.2 Å². The van der Waals surface area contributed by atoms with Crippen LogP contribution in [0.25, 0.3) is 10.9 Å². The van der Waals surface area contributed by atoms with E-state index in [9.17, 15) is 19.8 Å². The standard InChI is InChI=1S/C27H39FN2O6/c1-7-20(22(31)14-36-11-10-35-6)27(3,4)15-29(5)24-16(2)23-18(12-21(24)28)25(32)19(26(33)34)13-30(23)17-8-9-17/h12-13,17,20,22,31H,7-11,14-15H2,1-6H3,(H,33,34). The summed E-state index contributed by atoms with van der Waals surface area (Å²) in [5, 5.41) is 20.4. The number of fused-ring (bicyclic) bond motifs is 1. The molecule has 1 aliphatic carbocycles. The Morgan fingerprint density at radius 2 is 2.00 bits per heavy atom. The van der Waals surface area contributed by atoms with Gasteiger partial charge in [-0.05, 0) is 42.7 Å². The molecule has 1 saturated carbocycles. The van der Waals surface area contributed by atoms with E-state index >= 15 is 4.39 Å². The van der Waals surface area contributed by atoms with Gasteiger partial charge in [0.05, 0.1) is 37.1 Å². The summed E-state index contributed by atoms with van der Waals surface area (Å²) in [5.74, 6) is -1.99. The van der Waals surface area contributed by atoms with Gasteiger partial charge < -0.3 is 29.2 Å². The zero-order valence-corrected chi connectivity index (χ0v) is 22.1. The van der Waals surface area contributed by atoms with Gasteiger partial charge in [-0.1, -0.05) is 27.2 Å². The maximum Gasteiger partial charge on any atom is 0.341 e. The molecule has 0 bridgehead atoms. The number of carboxylic acids is 1. The predicted molar refractivity (Wildman–Crippen MR) is 138 cm³/mol. The first-order chi connectivity index (χ1) is 16.9. The number of halogens is 1. The number of aryl methyl sites for hydroxylation is 1. The van der Waals surface area contributed by atoms with E-state index in [4.69, 9.17) is 9.47 Å². The van der Waals surface area contributed by atoms with Crippen molar-refractivity contribution in [2.45, 2.75) is 59.1 Å². The number of hydrogen-bond donors (Lipinski definition) is 2. The molecule has 8 nitrogen and oxygen atoms in total. The summed E-state index contributed by atoms with van der Waals surface area (Å²) in [7, 11) is 3.40. The fourth-order valence-electron chi connectivity index (χ4n) is 5.55. The van der Waals surface area contributed by atoms with Gasteiger partial charge in [-0.3, -0.25) is 4.79 Å². The van der Waals surface area contributed by atoms with Gasteiger partial charge >= 0.3 is 5.97 Å². The smallest absolute Gasteiger partial charge is 0.341 e. The number of nitrogens with zero attached hydrogens (tertiary/aromatic N) is 2. The number of aliphatic hydroxyl groups is 1. The largest absolute Gasteiger partial charge is 0.477 e. The minimum absolute atomic E-state index is 0.0864. The highest BCUT2D eigenvalue weighted by Gasteiger charge is 2.36. The molecule has 3 rings (SSSR count). The zero-order chi connectivity index (χ0) is 26.8. The van der Waals surface area contributed by atoms with Crippen molar-refractivity contribution in [2.75, 3.05) is 45.4 Å². The number of ether oxygens (including phenoxy) is 2. The summed E-state index contributed by atoms with van der Waals surface area (Å²) >= 11 is 0. The van der Waals surface area contributed by atoms with E-state index in [0.717, 1.165) is 12.8 Å². The lowest BCUT2D eigenvalue weighted by Crippen LogP contribution is -2.43. The van der Waals surface area contributed by atoms with Crippen molar-refractivity contribution in [3.63, 3.8) is 0 Å². The molecule has 9 heteroatoms. The van der Waals surface area contributed by atoms with E-state index in [1.54, 1.807) is 21.1 Å². The molecule has 1 aromatic heterocycles. The van der Waals surface area contributed by atoms with E-state index in [0.29, 0.717) is 42.9 Å². The summed E-state index contributed by atoms with van der Waals surface area (Å²) in [6.07, 6.45) is 3.19. The lowest BCUT2D eigenvalue weighted by molar-refractivity contribution is -0.0393. The number of rotatable bonds is 13. The molecular weight excluding hydrogens is 467 g/mol. The van der Waals surface area contributed by atoms with Gasteiger partial charge in [0.25, 0.3) is 0 Å². The van der Waals surface area contributed by atoms with Crippen molar-refractivity contribution in [1.82, 2.24) is 4.57 Å². The van der Waals surface area contributed by atoms with Gasteiger partial charge in [0.1, 0.15) is 11.4 Å². The van der Waals surface area contributed by atoms with Crippen LogP contribution in [0.15, 0.2) is 17.1 Å². The van der Waals surface area contributed by atoms with Crippen LogP contribution in [-0.2, 0) is 9.47 Å². The lowest BCUT2D eigenvalue weighted by atomic mass is 9.73. The van der Waals surface area contributed by atoms with Crippen LogP contribution in [0.3, 0.4) is 0 Å². The molecule has 0 aliphatic heterocycles. The summed E-state index contributed by atoms with van der Waals surface area (Å²) in [6, 6.07) is 1.27. The Morgan fingerprint density at radius 1 is 1.33 bits per heavy atom. The van der Waals surface area contributed by atoms with Crippen molar-refractivity contribution in [1.29, 1.82) is 0 Å². The quantitative estimate of drug-likeness (QED) is 0.396. The van der Waals surface area contributed by atoms with Gasteiger partial charge in [0.2, 0.25) is 5.43 Å². The molecule has 2 atom stereocenters. The number of carboxylic acid groups (broad SMARTS) is 1. The molecule has 1 heterocycles. The van der Waals surface area contributed by atoms with Crippen molar-refractivity contribution < 1.29 is 28.9 Å². The highest BCUT2D eigenvalue weighted by Crippen LogP contribution is 2.41. The topological polar surface area (TPSA) is 101 Å². The first-order valence-corrected chi connectivity index (χ1v) is 12.5. The van der Waals surface area contributed by atoms with Crippen LogP contribution in [0.1, 0.15) is 62.0 Å². The van der Waals surface area contributed by atoms with E-state index in [-0.39, 0.29) is 29.5 Å². The van der Waals surface area contributed by atoms with Crippen molar-refractivity contribution in [3.05, 3.63) is 39.4 Å². The third-order valence-corrected chi connectivity index (χ3v) is 7.30. The third kappa shape index (κ3) is 5.74. The molecule has 2 unspecified atom stereocenters. The van der Waals surface area contributed by atoms with Crippen molar-refractivity contribution >= 4 is 22.6 Å². The normalized spacial score (nSPS) is 15.8. The Labute approximate surface area is 211 Å². The zero-order valence-electron chi connectivity index (χ0n) is 22.1. The second kappa shape index (κ2) is 11.3. The summed E-state index contributed by atoms with van der Waals surface area (Å²) < 4.78 is 27.9. The van der Waals surface area contributed by atoms with Crippen molar-refractivity contribution in [3.8, 4) is 0 Å². The Bertz CT molecular complexity index is 1160. The molecule has 0 saturated heterocycles. The molecule has 0 radical (unpaired) electrons. The highest BCUT2D eigenvalue weighted by molar-refractivity contribution is 5.95. The van der Waals surface area contributed by atoms with Crippen LogP contribution in [-0.4, -0.2) is 67.4 Å². The fourth-order valence-corrected chi connectivity index (χ4v) is 5.55. The number of carbonyl (C=O) groups is 1. The van der Waals surface area contributed by atoms with E-state index in [1.165, 1.54) is 12.3 Å². The summed E-state index contributed by atoms with van der Waals surface area (Å²) in [5.41, 5.74) is 0.127. The fraction of sp³-hybridized carbons (Fsp3) is 0.630. The number of benzene rings is 1. The van der Waals surface area contributed by atoms with Crippen LogP contribution < -0.4 is 10.3 Å². The molecule has 2 N–H and O–H groups in total. The molecule has 1 aliphatic rings. The van der Waals surface area contributed by atoms with Crippen LogP contribution in [0, 0.1) is 24.1 Å². The number of hydrogen-bond acceptors (Lipinski definition) is 6. The van der Waals surface area contributed by atoms with Gasteiger partial charge in [-0.15, -0.1) is 0 Å². The molecule has 36 heavy (non-hydrogen) atoms.